The summed E-state index contributed by atoms with van der Waals surface area (Å²) >= 11 is 0. The van der Waals surface area contributed by atoms with Crippen LogP contribution < -0.4 is 5.32 Å². The molecule has 0 saturated heterocycles. The molecule has 2 heterocycles. The summed E-state index contributed by atoms with van der Waals surface area (Å²) in [6.45, 7) is 2.96. The Balaban J connectivity index is 2.06. The summed E-state index contributed by atoms with van der Waals surface area (Å²) in [5, 5.41) is 7.77. The van der Waals surface area contributed by atoms with E-state index in [1.54, 1.807) is 0 Å². The third-order valence-electron chi connectivity index (χ3n) is 2.94. The Morgan fingerprint density at radius 2 is 2.41 bits per heavy atom. The van der Waals surface area contributed by atoms with E-state index in [1.165, 1.54) is 5.56 Å². The van der Waals surface area contributed by atoms with Crippen LogP contribution in [-0.2, 0) is 6.54 Å². The van der Waals surface area contributed by atoms with Crippen LogP contribution in [0, 0.1) is 12.3 Å². The summed E-state index contributed by atoms with van der Waals surface area (Å²) in [6, 6.07) is 6.47. The maximum atomic E-state index is 5.34. The molecule has 0 radical (unpaired) electrons. The Labute approximate surface area is 102 Å². The fourth-order valence-electron chi connectivity index (χ4n) is 1.88. The average molecular weight is 227 g/mol. The maximum absolute atomic E-state index is 5.34. The molecule has 0 bridgehead atoms. The van der Waals surface area contributed by atoms with Gasteiger partial charge in [-0.3, -0.25) is 0 Å². The summed E-state index contributed by atoms with van der Waals surface area (Å²) < 4.78 is 1.89. The van der Waals surface area contributed by atoms with Crippen LogP contribution in [0.5, 0.6) is 0 Å². The number of fused-ring (bicyclic) bond motifs is 1. The van der Waals surface area contributed by atoms with E-state index < -0.39 is 0 Å². The molecule has 17 heavy (non-hydrogen) atoms. The molecule has 0 aliphatic carbocycles. The lowest BCUT2D eigenvalue weighted by Gasteiger charge is -2.13. The molecule has 2 aromatic heterocycles. The number of aromatic nitrogens is 2. The minimum Gasteiger partial charge on any atom is -0.309 e. The van der Waals surface area contributed by atoms with Crippen molar-refractivity contribution in [3.8, 4) is 12.3 Å². The number of nitrogens with zero attached hydrogens (tertiary/aromatic N) is 2. The monoisotopic (exact) mass is 227 g/mol. The molecule has 0 saturated carbocycles. The lowest BCUT2D eigenvalue weighted by Crippen LogP contribution is -2.27. The van der Waals surface area contributed by atoms with E-state index in [9.17, 15) is 0 Å². The van der Waals surface area contributed by atoms with Crippen LogP contribution >= 0.6 is 0 Å². The zero-order valence-corrected chi connectivity index (χ0v) is 10.1. The molecule has 0 aliphatic rings. The van der Waals surface area contributed by atoms with Crippen LogP contribution in [-0.4, -0.2) is 15.7 Å². The van der Waals surface area contributed by atoms with Crippen LogP contribution in [0.25, 0.3) is 5.52 Å². The van der Waals surface area contributed by atoms with Crippen molar-refractivity contribution in [1.82, 2.24) is 14.9 Å². The molecular formula is C14H17N3. The quantitative estimate of drug-likeness (QED) is 0.794. The first-order chi connectivity index (χ1) is 8.35. The van der Waals surface area contributed by atoms with Gasteiger partial charge in [0.15, 0.2) is 0 Å². The Kier molecular flexibility index (Phi) is 3.79. The molecule has 88 valence electrons. The van der Waals surface area contributed by atoms with Crippen molar-refractivity contribution in [3.05, 3.63) is 36.2 Å². The van der Waals surface area contributed by atoms with Crippen LogP contribution in [0.3, 0.4) is 0 Å². The minimum atomic E-state index is 0.388. The predicted molar refractivity (Wildman–Crippen MR) is 69.6 cm³/mol. The second-order valence-corrected chi connectivity index (χ2v) is 4.09. The normalized spacial score (nSPS) is 12.5. The minimum absolute atomic E-state index is 0.388. The molecule has 0 aromatic carbocycles. The first-order valence-corrected chi connectivity index (χ1v) is 5.93. The SMILES string of the molecule is C#CCC(CC)NCc1cnn2ccccc12. The molecule has 3 heteroatoms. The molecule has 1 atom stereocenters. The van der Waals surface area contributed by atoms with Crippen LogP contribution in [0.4, 0.5) is 0 Å². The summed E-state index contributed by atoms with van der Waals surface area (Å²) in [7, 11) is 0. The van der Waals surface area contributed by atoms with E-state index in [4.69, 9.17) is 6.42 Å². The molecule has 0 spiro atoms. The predicted octanol–water partition coefficient (Wildman–Crippen LogP) is 2.23. The van der Waals surface area contributed by atoms with E-state index in [2.05, 4.69) is 29.3 Å². The third kappa shape index (κ3) is 2.66. The fourth-order valence-corrected chi connectivity index (χ4v) is 1.88. The Morgan fingerprint density at radius 1 is 1.53 bits per heavy atom. The topological polar surface area (TPSA) is 29.3 Å². The van der Waals surface area contributed by atoms with E-state index in [-0.39, 0.29) is 0 Å². The average Bonchev–Trinajstić information content (AvgIpc) is 2.78. The lowest BCUT2D eigenvalue weighted by molar-refractivity contribution is 0.508. The van der Waals surface area contributed by atoms with Crippen molar-refractivity contribution in [2.45, 2.75) is 32.4 Å². The number of hydrogen-bond acceptors (Lipinski definition) is 2. The molecule has 0 amide bonds. The first-order valence-electron chi connectivity index (χ1n) is 5.93. The highest BCUT2D eigenvalue weighted by Crippen LogP contribution is 2.10. The zero-order chi connectivity index (χ0) is 12.1. The molecule has 2 aromatic rings. The molecule has 1 unspecified atom stereocenters. The highest BCUT2D eigenvalue weighted by molar-refractivity contribution is 5.53. The molecule has 2 rings (SSSR count). The number of terminal acetylenes is 1. The first kappa shape index (κ1) is 11.7. The second kappa shape index (κ2) is 5.51. The van der Waals surface area contributed by atoms with Crippen LogP contribution in [0.1, 0.15) is 25.3 Å². The van der Waals surface area contributed by atoms with Crippen molar-refractivity contribution in [3.63, 3.8) is 0 Å². The van der Waals surface area contributed by atoms with Gasteiger partial charge in [-0.2, -0.15) is 5.10 Å². The molecule has 1 N–H and O–H groups in total. The summed E-state index contributed by atoms with van der Waals surface area (Å²) in [6.07, 6.45) is 11.0. The van der Waals surface area contributed by atoms with Gasteiger partial charge in [-0.15, -0.1) is 12.3 Å². The number of hydrogen-bond donors (Lipinski definition) is 1. The van der Waals surface area contributed by atoms with E-state index >= 15 is 0 Å². The van der Waals surface area contributed by atoms with Crippen molar-refractivity contribution in [1.29, 1.82) is 0 Å². The van der Waals surface area contributed by atoms with E-state index in [0.717, 1.165) is 24.9 Å². The van der Waals surface area contributed by atoms with Crippen molar-refractivity contribution in [2.75, 3.05) is 0 Å². The Morgan fingerprint density at radius 3 is 3.18 bits per heavy atom. The second-order valence-electron chi connectivity index (χ2n) is 4.09. The lowest BCUT2D eigenvalue weighted by atomic mass is 10.1. The number of nitrogens with one attached hydrogen (secondary N) is 1. The molecule has 0 aliphatic heterocycles. The summed E-state index contributed by atoms with van der Waals surface area (Å²) in [4.78, 5) is 0. The molecule has 0 fully saturated rings. The van der Waals surface area contributed by atoms with Crippen LogP contribution in [0.2, 0.25) is 0 Å². The van der Waals surface area contributed by atoms with Gasteiger partial charge in [-0.25, -0.2) is 4.52 Å². The van der Waals surface area contributed by atoms with Gasteiger partial charge >= 0.3 is 0 Å². The third-order valence-corrected chi connectivity index (χ3v) is 2.94. The number of pyridine rings is 1. The van der Waals surface area contributed by atoms with Gasteiger partial charge < -0.3 is 5.32 Å². The van der Waals surface area contributed by atoms with Gasteiger partial charge in [-0.05, 0) is 18.6 Å². The standard InChI is InChI=1S/C14H17N3/c1-3-7-13(4-2)15-10-12-11-16-17-9-6-5-8-14(12)17/h1,5-6,8-9,11,13,15H,4,7,10H2,2H3. The highest BCUT2D eigenvalue weighted by atomic mass is 15.2. The number of rotatable bonds is 5. The van der Waals surface area contributed by atoms with Gasteiger partial charge in [0.2, 0.25) is 0 Å². The van der Waals surface area contributed by atoms with Crippen molar-refractivity contribution >= 4 is 5.52 Å². The van der Waals surface area contributed by atoms with Crippen molar-refractivity contribution < 1.29 is 0 Å². The zero-order valence-electron chi connectivity index (χ0n) is 10.1. The highest BCUT2D eigenvalue weighted by Gasteiger charge is 2.06. The fraction of sp³-hybridized carbons (Fsp3) is 0.357. The van der Waals surface area contributed by atoms with Gasteiger partial charge in [0.25, 0.3) is 0 Å². The summed E-state index contributed by atoms with van der Waals surface area (Å²) in [5.74, 6) is 2.70. The summed E-state index contributed by atoms with van der Waals surface area (Å²) in [5.41, 5.74) is 2.36. The molecular weight excluding hydrogens is 210 g/mol. The van der Waals surface area contributed by atoms with E-state index in [0.29, 0.717) is 6.04 Å². The van der Waals surface area contributed by atoms with Crippen molar-refractivity contribution in [2.24, 2.45) is 0 Å². The Bertz CT molecular complexity index is 521. The molecule has 3 nitrogen and oxygen atoms in total. The Hall–Kier alpha value is -1.79. The van der Waals surface area contributed by atoms with E-state index in [1.807, 2.05) is 29.0 Å². The van der Waals surface area contributed by atoms with Crippen LogP contribution in [0.15, 0.2) is 30.6 Å². The maximum Gasteiger partial charge on any atom is 0.0706 e. The van der Waals surface area contributed by atoms with Gasteiger partial charge in [-0.1, -0.05) is 13.0 Å². The van der Waals surface area contributed by atoms with Gasteiger partial charge in [0.1, 0.15) is 0 Å². The van der Waals surface area contributed by atoms with Gasteiger partial charge in [0.05, 0.1) is 11.7 Å². The smallest absolute Gasteiger partial charge is 0.0706 e. The largest absolute Gasteiger partial charge is 0.309 e. The van der Waals surface area contributed by atoms with Gasteiger partial charge in [0, 0.05) is 30.8 Å².